The van der Waals surface area contributed by atoms with Gasteiger partial charge >= 0.3 is 0 Å². The number of hydrogen-bond donors (Lipinski definition) is 2. The van der Waals surface area contributed by atoms with Gasteiger partial charge in [0.2, 0.25) is 0 Å². The van der Waals surface area contributed by atoms with Crippen LogP contribution in [0.5, 0.6) is 5.75 Å². The standard InChI is InChI=1S/C15H14BrN5O2/c1-23-14-6-13-12(19-21-20-13)5-11(14)15(22)18-3-2-9-4-10(16)8-17-7-9/h4-8H,2-3H2,1H3,(H,18,22)(H,19,20,21). The number of ether oxygens (including phenoxy) is 1. The topological polar surface area (TPSA) is 92.8 Å². The summed E-state index contributed by atoms with van der Waals surface area (Å²) in [4.78, 5) is 16.5. The summed E-state index contributed by atoms with van der Waals surface area (Å²) in [6, 6.07) is 5.32. The minimum Gasteiger partial charge on any atom is -0.496 e. The van der Waals surface area contributed by atoms with Crippen LogP contribution in [0.2, 0.25) is 0 Å². The van der Waals surface area contributed by atoms with Crippen LogP contribution in [-0.2, 0) is 6.42 Å². The average molecular weight is 376 g/mol. The van der Waals surface area contributed by atoms with E-state index in [1.807, 2.05) is 6.07 Å². The molecule has 0 saturated heterocycles. The number of benzene rings is 1. The van der Waals surface area contributed by atoms with Crippen LogP contribution in [-0.4, -0.2) is 40.0 Å². The predicted octanol–water partition coefficient (Wildman–Crippen LogP) is 2.10. The molecule has 0 atom stereocenters. The van der Waals surface area contributed by atoms with Crippen LogP contribution in [0.4, 0.5) is 0 Å². The largest absolute Gasteiger partial charge is 0.496 e. The first kappa shape index (κ1) is 15.4. The highest BCUT2D eigenvalue weighted by atomic mass is 79.9. The van der Waals surface area contributed by atoms with E-state index in [0.29, 0.717) is 35.3 Å². The second-order valence-electron chi connectivity index (χ2n) is 4.88. The van der Waals surface area contributed by atoms with Crippen LogP contribution >= 0.6 is 15.9 Å². The lowest BCUT2D eigenvalue weighted by Gasteiger charge is -2.09. The SMILES string of the molecule is COc1cc2n[nH]nc2cc1C(=O)NCCc1cncc(Br)c1. The fourth-order valence-corrected chi connectivity index (χ4v) is 2.64. The lowest BCUT2D eigenvalue weighted by Crippen LogP contribution is -2.26. The maximum atomic E-state index is 12.4. The Balaban J connectivity index is 1.70. The Morgan fingerprint density at radius 3 is 2.78 bits per heavy atom. The molecule has 0 spiro atoms. The molecule has 3 rings (SSSR count). The third kappa shape index (κ3) is 3.48. The van der Waals surface area contributed by atoms with Crippen molar-refractivity contribution in [3.63, 3.8) is 0 Å². The molecule has 2 N–H and O–H groups in total. The molecule has 0 radical (unpaired) electrons. The van der Waals surface area contributed by atoms with E-state index >= 15 is 0 Å². The number of aromatic nitrogens is 4. The number of nitrogens with one attached hydrogen (secondary N) is 2. The summed E-state index contributed by atoms with van der Waals surface area (Å²) in [5.41, 5.74) is 2.74. The maximum Gasteiger partial charge on any atom is 0.255 e. The van der Waals surface area contributed by atoms with Gasteiger partial charge in [-0.2, -0.15) is 15.4 Å². The van der Waals surface area contributed by atoms with Gasteiger partial charge in [-0.3, -0.25) is 9.78 Å². The van der Waals surface area contributed by atoms with E-state index in [-0.39, 0.29) is 5.91 Å². The quantitative estimate of drug-likeness (QED) is 0.712. The number of fused-ring (bicyclic) bond motifs is 1. The molecule has 0 aliphatic heterocycles. The minimum atomic E-state index is -0.213. The molecule has 2 heterocycles. The second-order valence-corrected chi connectivity index (χ2v) is 5.80. The van der Waals surface area contributed by atoms with Crippen molar-refractivity contribution in [3.8, 4) is 5.75 Å². The molecule has 2 aromatic heterocycles. The third-order valence-corrected chi connectivity index (χ3v) is 3.78. The first-order valence-electron chi connectivity index (χ1n) is 6.93. The number of nitrogens with zero attached hydrogens (tertiary/aromatic N) is 3. The molecule has 8 heteroatoms. The molecule has 0 aliphatic rings. The number of H-pyrrole nitrogens is 1. The number of halogens is 1. The number of pyridine rings is 1. The highest BCUT2D eigenvalue weighted by molar-refractivity contribution is 9.10. The lowest BCUT2D eigenvalue weighted by atomic mass is 10.1. The van der Waals surface area contributed by atoms with E-state index in [4.69, 9.17) is 4.74 Å². The molecular formula is C15H14BrN5O2. The van der Waals surface area contributed by atoms with Crippen LogP contribution in [0.25, 0.3) is 11.0 Å². The number of aromatic amines is 1. The van der Waals surface area contributed by atoms with Gasteiger partial charge in [-0.1, -0.05) is 0 Å². The van der Waals surface area contributed by atoms with Gasteiger partial charge < -0.3 is 10.1 Å². The zero-order valence-electron chi connectivity index (χ0n) is 12.3. The van der Waals surface area contributed by atoms with Crippen molar-refractivity contribution in [3.05, 3.63) is 46.2 Å². The molecule has 0 fully saturated rings. The molecule has 1 amide bonds. The van der Waals surface area contributed by atoms with Crippen LogP contribution in [0.3, 0.4) is 0 Å². The molecule has 118 valence electrons. The summed E-state index contributed by atoms with van der Waals surface area (Å²) < 4.78 is 6.18. The molecule has 3 aromatic rings. The summed E-state index contributed by atoms with van der Waals surface area (Å²) in [6.07, 6.45) is 4.19. The Morgan fingerprint density at radius 1 is 1.26 bits per heavy atom. The van der Waals surface area contributed by atoms with Gasteiger partial charge in [0.25, 0.3) is 5.91 Å². The fraction of sp³-hybridized carbons (Fsp3) is 0.200. The molecule has 1 aromatic carbocycles. The second kappa shape index (κ2) is 6.74. The fourth-order valence-electron chi connectivity index (χ4n) is 2.22. The smallest absolute Gasteiger partial charge is 0.255 e. The van der Waals surface area contributed by atoms with Crippen molar-refractivity contribution < 1.29 is 9.53 Å². The number of methoxy groups -OCH3 is 1. The summed E-state index contributed by atoms with van der Waals surface area (Å²) in [7, 11) is 1.52. The van der Waals surface area contributed by atoms with Crippen molar-refractivity contribution >= 4 is 32.9 Å². The van der Waals surface area contributed by atoms with E-state index in [1.165, 1.54) is 7.11 Å². The Morgan fingerprint density at radius 2 is 2.04 bits per heavy atom. The third-order valence-electron chi connectivity index (χ3n) is 3.34. The lowest BCUT2D eigenvalue weighted by molar-refractivity contribution is 0.0951. The van der Waals surface area contributed by atoms with E-state index < -0.39 is 0 Å². The molecule has 0 unspecified atom stereocenters. The van der Waals surface area contributed by atoms with Crippen molar-refractivity contribution in [2.75, 3.05) is 13.7 Å². The average Bonchev–Trinajstić information content (AvgIpc) is 3.00. The van der Waals surface area contributed by atoms with E-state index in [2.05, 4.69) is 41.6 Å². The molecule has 23 heavy (non-hydrogen) atoms. The van der Waals surface area contributed by atoms with Crippen molar-refractivity contribution in [2.45, 2.75) is 6.42 Å². The van der Waals surface area contributed by atoms with Gasteiger partial charge in [0.15, 0.2) is 0 Å². The Kier molecular flexibility index (Phi) is 4.52. The van der Waals surface area contributed by atoms with E-state index in [0.717, 1.165) is 10.0 Å². The van der Waals surface area contributed by atoms with Gasteiger partial charge in [-0.05, 0) is 40.0 Å². The zero-order valence-corrected chi connectivity index (χ0v) is 13.9. The molecule has 7 nitrogen and oxygen atoms in total. The summed E-state index contributed by atoms with van der Waals surface area (Å²) >= 11 is 3.38. The van der Waals surface area contributed by atoms with Gasteiger partial charge in [-0.25, -0.2) is 0 Å². The van der Waals surface area contributed by atoms with Crippen LogP contribution < -0.4 is 10.1 Å². The molecule has 0 bridgehead atoms. The minimum absolute atomic E-state index is 0.213. The van der Waals surface area contributed by atoms with E-state index in [9.17, 15) is 4.79 Å². The van der Waals surface area contributed by atoms with Crippen molar-refractivity contribution in [1.29, 1.82) is 0 Å². The number of carbonyl (C=O) groups is 1. The van der Waals surface area contributed by atoms with Gasteiger partial charge in [-0.15, -0.1) is 0 Å². The summed E-state index contributed by atoms with van der Waals surface area (Å²) in [6.45, 7) is 0.497. The molecular weight excluding hydrogens is 362 g/mol. The van der Waals surface area contributed by atoms with Crippen LogP contribution in [0.15, 0.2) is 35.1 Å². The Labute approximate surface area is 140 Å². The Hall–Kier alpha value is -2.48. The zero-order chi connectivity index (χ0) is 16.2. The van der Waals surface area contributed by atoms with Gasteiger partial charge in [0.05, 0.1) is 12.7 Å². The number of hydrogen-bond acceptors (Lipinski definition) is 5. The highest BCUT2D eigenvalue weighted by Crippen LogP contribution is 2.23. The highest BCUT2D eigenvalue weighted by Gasteiger charge is 2.15. The van der Waals surface area contributed by atoms with Crippen molar-refractivity contribution in [2.24, 2.45) is 0 Å². The molecule has 0 saturated carbocycles. The predicted molar refractivity (Wildman–Crippen MR) is 88.4 cm³/mol. The normalized spacial score (nSPS) is 10.7. The first-order valence-corrected chi connectivity index (χ1v) is 7.73. The molecule has 0 aliphatic carbocycles. The van der Waals surface area contributed by atoms with Crippen molar-refractivity contribution in [1.82, 2.24) is 25.7 Å². The number of amides is 1. The maximum absolute atomic E-state index is 12.4. The van der Waals surface area contributed by atoms with Gasteiger partial charge in [0.1, 0.15) is 16.8 Å². The first-order chi connectivity index (χ1) is 11.2. The van der Waals surface area contributed by atoms with Crippen LogP contribution in [0.1, 0.15) is 15.9 Å². The van der Waals surface area contributed by atoms with E-state index in [1.54, 1.807) is 24.5 Å². The van der Waals surface area contributed by atoms with Gasteiger partial charge in [0, 0.05) is 29.5 Å². The number of carbonyl (C=O) groups excluding carboxylic acids is 1. The summed E-state index contributed by atoms with van der Waals surface area (Å²) in [5, 5.41) is 13.4. The number of rotatable bonds is 5. The Bertz CT molecular complexity index is 849. The summed E-state index contributed by atoms with van der Waals surface area (Å²) in [5.74, 6) is 0.253. The monoisotopic (exact) mass is 375 g/mol. The van der Waals surface area contributed by atoms with Crippen LogP contribution in [0, 0.1) is 0 Å².